The zero-order valence-electron chi connectivity index (χ0n) is 14.3. The van der Waals surface area contributed by atoms with Crippen LogP contribution in [0.2, 0.25) is 0 Å². The predicted octanol–water partition coefficient (Wildman–Crippen LogP) is 1.54. The zero-order valence-corrected chi connectivity index (χ0v) is 14.3. The number of fused-ring (bicyclic) bond motifs is 1. The summed E-state index contributed by atoms with van der Waals surface area (Å²) in [6, 6.07) is 17.7. The molecule has 1 fully saturated rings. The van der Waals surface area contributed by atoms with Gasteiger partial charge in [0.1, 0.15) is 18.5 Å². The molecule has 0 aromatic heterocycles. The van der Waals surface area contributed by atoms with Crippen LogP contribution in [-0.2, 0) is 4.79 Å². The molecular formula is C20H21N3O3. The van der Waals surface area contributed by atoms with E-state index in [1.165, 1.54) is 0 Å². The van der Waals surface area contributed by atoms with Crippen LogP contribution in [0.3, 0.4) is 0 Å². The van der Waals surface area contributed by atoms with Gasteiger partial charge < -0.3 is 20.1 Å². The number of carbonyl (C=O) groups excluding carboxylic acids is 1. The molecule has 6 heteroatoms. The molecule has 2 aliphatic rings. The predicted molar refractivity (Wildman–Crippen MR) is 99.3 cm³/mol. The lowest BCUT2D eigenvalue weighted by atomic mass is 9.91. The van der Waals surface area contributed by atoms with Crippen molar-refractivity contribution in [1.82, 2.24) is 10.6 Å². The Balaban J connectivity index is 1.67. The molecule has 2 aromatic carbocycles. The van der Waals surface area contributed by atoms with Crippen LogP contribution in [-0.4, -0.2) is 37.1 Å². The molecule has 134 valence electrons. The molecule has 0 aliphatic carbocycles. The Kier molecular flexibility index (Phi) is 4.60. The zero-order chi connectivity index (χ0) is 17.9. The molecule has 2 atom stereocenters. The summed E-state index contributed by atoms with van der Waals surface area (Å²) in [6.45, 7) is 0.702. The number of aliphatic hydroxyl groups excluding tert-OH is 1. The van der Waals surface area contributed by atoms with Crippen molar-refractivity contribution in [1.29, 1.82) is 0 Å². The van der Waals surface area contributed by atoms with Crippen molar-refractivity contribution < 1.29 is 14.6 Å². The van der Waals surface area contributed by atoms with Gasteiger partial charge in [0, 0.05) is 11.9 Å². The first-order valence-electron chi connectivity index (χ1n) is 8.68. The minimum Gasteiger partial charge on any atom is -0.491 e. The van der Waals surface area contributed by atoms with E-state index in [1.54, 1.807) is 0 Å². The van der Waals surface area contributed by atoms with Crippen LogP contribution in [0, 0.1) is 5.92 Å². The Bertz CT molecular complexity index is 805. The SMILES string of the molecule is O=C1NCNC2C1C(c1ccc(OCCO)cc1)=CN2c1ccccc1. The number of ether oxygens (including phenoxy) is 1. The third-order valence-corrected chi connectivity index (χ3v) is 4.69. The third-order valence-electron chi connectivity index (χ3n) is 4.69. The molecule has 4 rings (SSSR count). The van der Waals surface area contributed by atoms with Crippen molar-refractivity contribution in [2.75, 3.05) is 24.8 Å². The Morgan fingerprint density at radius 1 is 1.12 bits per heavy atom. The van der Waals surface area contributed by atoms with Crippen LogP contribution in [0.25, 0.3) is 5.57 Å². The molecule has 2 unspecified atom stereocenters. The highest BCUT2D eigenvalue weighted by Gasteiger charge is 2.43. The van der Waals surface area contributed by atoms with Gasteiger partial charge >= 0.3 is 0 Å². The number of nitrogens with zero attached hydrogens (tertiary/aromatic N) is 1. The molecule has 0 bridgehead atoms. The van der Waals surface area contributed by atoms with Gasteiger partial charge in [0.15, 0.2) is 0 Å². The molecule has 2 heterocycles. The molecule has 0 spiro atoms. The molecule has 3 N–H and O–H groups in total. The average molecular weight is 351 g/mol. The molecule has 2 aromatic rings. The van der Waals surface area contributed by atoms with Crippen molar-refractivity contribution in [2.24, 2.45) is 5.92 Å². The maximum atomic E-state index is 12.6. The molecule has 26 heavy (non-hydrogen) atoms. The molecule has 6 nitrogen and oxygen atoms in total. The monoisotopic (exact) mass is 351 g/mol. The number of hydrogen-bond donors (Lipinski definition) is 3. The molecule has 0 radical (unpaired) electrons. The number of anilines is 1. The smallest absolute Gasteiger partial charge is 0.232 e. The first-order valence-corrected chi connectivity index (χ1v) is 8.68. The summed E-state index contributed by atoms with van der Waals surface area (Å²) >= 11 is 0. The van der Waals surface area contributed by atoms with E-state index in [0.717, 1.165) is 16.8 Å². The quantitative estimate of drug-likeness (QED) is 0.762. The Morgan fingerprint density at radius 3 is 2.62 bits per heavy atom. The van der Waals surface area contributed by atoms with Gasteiger partial charge in [-0.2, -0.15) is 0 Å². The van der Waals surface area contributed by atoms with Crippen molar-refractivity contribution >= 4 is 17.2 Å². The van der Waals surface area contributed by atoms with E-state index < -0.39 is 0 Å². The van der Waals surface area contributed by atoms with Gasteiger partial charge in [0.25, 0.3) is 0 Å². The van der Waals surface area contributed by atoms with E-state index in [9.17, 15) is 4.79 Å². The summed E-state index contributed by atoms with van der Waals surface area (Å²) in [5, 5.41) is 15.1. The summed E-state index contributed by atoms with van der Waals surface area (Å²) < 4.78 is 5.42. The summed E-state index contributed by atoms with van der Waals surface area (Å²) in [7, 11) is 0. The maximum absolute atomic E-state index is 12.6. The lowest BCUT2D eigenvalue weighted by Crippen LogP contribution is -2.58. The van der Waals surface area contributed by atoms with Crippen LogP contribution < -0.4 is 20.3 Å². The van der Waals surface area contributed by atoms with E-state index in [2.05, 4.69) is 15.5 Å². The van der Waals surface area contributed by atoms with Crippen LogP contribution >= 0.6 is 0 Å². The summed E-state index contributed by atoms with van der Waals surface area (Å²) in [5.41, 5.74) is 2.99. The molecular weight excluding hydrogens is 330 g/mol. The number of hydrogen-bond acceptors (Lipinski definition) is 5. The van der Waals surface area contributed by atoms with Crippen molar-refractivity contribution in [3.05, 3.63) is 66.4 Å². The number of aliphatic hydroxyl groups is 1. The van der Waals surface area contributed by atoms with Gasteiger partial charge in [0.05, 0.1) is 19.2 Å². The van der Waals surface area contributed by atoms with Crippen molar-refractivity contribution in [3.63, 3.8) is 0 Å². The summed E-state index contributed by atoms with van der Waals surface area (Å²) in [5.74, 6) is 0.441. The number of amides is 1. The fourth-order valence-corrected chi connectivity index (χ4v) is 3.49. The molecule has 1 saturated heterocycles. The number of rotatable bonds is 5. The van der Waals surface area contributed by atoms with E-state index in [4.69, 9.17) is 9.84 Å². The maximum Gasteiger partial charge on any atom is 0.232 e. The first kappa shape index (κ1) is 16.6. The fourth-order valence-electron chi connectivity index (χ4n) is 3.49. The van der Waals surface area contributed by atoms with Crippen molar-refractivity contribution in [2.45, 2.75) is 6.17 Å². The second kappa shape index (κ2) is 7.19. The Labute approximate surface area is 152 Å². The normalized spacial score (nSPS) is 21.8. The minimum absolute atomic E-state index is 0.0193. The number of para-hydroxylation sites is 1. The lowest BCUT2D eigenvalue weighted by Gasteiger charge is -2.34. The molecule has 2 aliphatic heterocycles. The van der Waals surface area contributed by atoms with E-state index >= 15 is 0 Å². The highest BCUT2D eigenvalue weighted by molar-refractivity contribution is 5.96. The van der Waals surface area contributed by atoms with Gasteiger partial charge in [-0.3, -0.25) is 10.1 Å². The van der Waals surface area contributed by atoms with Gasteiger partial charge in [-0.1, -0.05) is 30.3 Å². The van der Waals surface area contributed by atoms with Gasteiger partial charge in [-0.05, 0) is 35.4 Å². The Hall–Kier alpha value is -2.83. The van der Waals surface area contributed by atoms with Gasteiger partial charge in [0.2, 0.25) is 5.91 Å². The second-order valence-corrected chi connectivity index (χ2v) is 6.27. The first-order chi connectivity index (χ1) is 12.8. The number of benzene rings is 2. The van der Waals surface area contributed by atoms with E-state index in [1.807, 2.05) is 60.8 Å². The van der Waals surface area contributed by atoms with E-state index in [0.29, 0.717) is 12.4 Å². The highest BCUT2D eigenvalue weighted by atomic mass is 16.5. The van der Waals surface area contributed by atoms with Crippen LogP contribution in [0.15, 0.2) is 60.8 Å². The number of nitrogens with one attached hydrogen (secondary N) is 2. The highest BCUT2D eigenvalue weighted by Crippen LogP contribution is 2.38. The Morgan fingerprint density at radius 2 is 1.88 bits per heavy atom. The van der Waals surface area contributed by atoms with Crippen molar-refractivity contribution in [3.8, 4) is 5.75 Å². The largest absolute Gasteiger partial charge is 0.491 e. The van der Waals surface area contributed by atoms with Crippen LogP contribution in [0.5, 0.6) is 5.75 Å². The summed E-state index contributed by atoms with van der Waals surface area (Å²) in [6.07, 6.45) is 1.94. The molecule has 1 amide bonds. The topological polar surface area (TPSA) is 73.8 Å². The average Bonchev–Trinajstić information content (AvgIpc) is 3.08. The standard InChI is InChI=1S/C20H21N3O3/c24-10-11-26-16-8-6-14(7-9-16)17-12-23(15-4-2-1-3-5-15)19-18(17)20(25)22-13-21-19/h1-9,12,18-19,21,24H,10-11,13H2,(H,22,25). The lowest BCUT2D eigenvalue weighted by molar-refractivity contribution is -0.125. The third kappa shape index (κ3) is 3.05. The summed E-state index contributed by atoms with van der Waals surface area (Å²) in [4.78, 5) is 14.7. The van der Waals surface area contributed by atoms with E-state index in [-0.39, 0.29) is 31.2 Å². The second-order valence-electron chi connectivity index (χ2n) is 6.27. The number of carbonyl (C=O) groups is 1. The van der Waals surface area contributed by atoms with Gasteiger partial charge in [-0.25, -0.2) is 0 Å². The minimum atomic E-state index is -0.284. The molecule has 0 saturated carbocycles. The van der Waals surface area contributed by atoms with Gasteiger partial charge in [-0.15, -0.1) is 0 Å². The fraction of sp³-hybridized carbons (Fsp3) is 0.250. The van der Waals surface area contributed by atoms with Crippen LogP contribution in [0.1, 0.15) is 5.56 Å². The van der Waals surface area contributed by atoms with Crippen LogP contribution in [0.4, 0.5) is 5.69 Å².